The van der Waals surface area contributed by atoms with E-state index in [1.54, 1.807) is 0 Å². The van der Waals surface area contributed by atoms with Crippen LogP contribution in [0.4, 0.5) is 37.7 Å². The zero-order chi connectivity index (χ0) is 22.1. The molecule has 0 bridgehead atoms. The Kier molecular flexibility index (Phi) is 6.01. The van der Waals surface area contributed by atoms with Crippen molar-refractivity contribution in [3.8, 4) is 11.5 Å². The predicted molar refractivity (Wildman–Crippen MR) is 90.1 cm³/mol. The van der Waals surface area contributed by atoms with Crippen molar-refractivity contribution in [2.24, 2.45) is 0 Å². The summed E-state index contributed by atoms with van der Waals surface area (Å²) in [7, 11) is 0. The van der Waals surface area contributed by atoms with Gasteiger partial charge in [0.25, 0.3) is 0 Å². The van der Waals surface area contributed by atoms with Gasteiger partial charge in [-0.25, -0.2) is 5.21 Å². The number of halogens is 6. The van der Waals surface area contributed by atoms with Crippen molar-refractivity contribution in [3.63, 3.8) is 0 Å². The number of rotatable bonds is 4. The summed E-state index contributed by atoms with van der Waals surface area (Å²) in [4.78, 5) is 0. The number of hydrogen-bond donors (Lipinski definition) is 3. The average Bonchev–Trinajstić information content (AvgIpc) is 2.66. The van der Waals surface area contributed by atoms with Crippen molar-refractivity contribution in [2.45, 2.75) is 25.2 Å². The van der Waals surface area contributed by atoms with Gasteiger partial charge in [0.2, 0.25) is 0 Å². The van der Waals surface area contributed by atoms with Crippen molar-refractivity contribution >= 4 is 11.4 Å². The van der Waals surface area contributed by atoms with Crippen molar-refractivity contribution < 1.29 is 51.4 Å². The summed E-state index contributed by atoms with van der Waals surface area (Å²) in [5.41, 5.74) is 1.07. The maximum Gasteiger partial charge on any atom is 0.422 e. The van der Waals surface area contributed by atoms with Crippen LogP contribution in [0.3, 0.4) is 0 Å². The molecule has 0 saturated heterocycles. The lowest BCUT2D eigenvalue weighted by Crippen LogP contribution is -3.12. The summed E-state index contributed by atoms with van der Waals surface area (Å²) >= 11 is 0. The molecule has 1 aliphatic heterocycles. The lowest BCUT2D eigenvalue weighted by Gasteiger charge is -2.26. The topological polar surface area (TPSA) is 66.6 Å². The number of nitrogens with one attached hydrogen (secondary N) is 1. The highest BCUT2D eigenvalue weighted by Gasteiger charge is 2.31. The molecule has 30 heavy (non-hydrogen) atoms. The highest BCUT2D eigenvalue weighted by molar-refractivity contribution is 5.56. The van der Waals surface area contributed by atoms with Gasteiger partial charge in [-0.05, 0) is 53.9 Å². The average molecular weight is 439 g/mol. The SMILES string of the molecule is ON1c2ccc(OCC(F)(F)F)cc2CCc2cc(OCC(F)(F)F)ccc2[NH+]1O. The van der Waals surface area contributed by atoms with Gasteiger partial charge in [0.05, 0.1) is 0 Å². The summed E-state index contributed by atoms with van der Waals surface area (Å²) in [5.74, 6) is -0.159. The number of anilines is 1. The first-order valence-corrected chi connectivity index (χ1v) is 8.63. The van der Waals surface area contributed by atoms with Crippen LogP contribution in [-0.4, -0.2) is 36.0 Å². The molecule has 6 nitrogen and oxygen atoms in total. The number of fused-ring (bicyclic) bond motifs is 2. The first-order chi connectivity index (χ1) is 13.9. The molecule has 0 spiro atoms. The molecule has 1 aliphatic rings. The monoisotopic (exact) mass is 439 g/mol. The normalized spacial score (nSPS) is 16.9. The fourth-order valence-corrected chi connectivity index (χ4v) is 2.97. The molecule has 3 rings (SSSR count). The van der Waals surface area contributed by atoms with Gasteiger partial charge in [-0.3, -0.25) is 0 Å². The van der Waals surface area contributed by atoms with Crippen LogP contribution < -0.4 is 19.8 Å². The lowest BCUT2D eigenvalue weighted by atomic mass is 10.00. The Morgan fingerprint density at radius 2 is 1.33 bits per heavy atom. The van der Waals surface area contributed by atoms with Gasteiger partial charge in [-0.15, -0.1) is 0 Å². The number of benzene rings is 2. The Morgan fingerprint density at radius 3 is 1.90 bits per heavy atom. The molecule has 2 aromatic rings. The molecule has 0 amide bonds. The molecular weight excluding hydrogens is 422 g/mol. The molecule has 0 fully saturated rings. The van der Waals surface area contributed by atoms with Crippen LogP contribution >= 0.6 is 0 Å². The fourth-order valence-electron chi connectivity index (χ4n) is 2.97. The van der Waals surface area contributed by atoms with Gasteiger partial charge in [0.15, 0.2) is 18.9 Å². The van der Waals surface area contributed by atoms with Gasteiger partial charge >= 0.3 is 12.4 Å². The van der Waals surface area contributed by atoms with Gasteiger partial charge in [-0.2, -0.15) is 31.5 Å². The molecule has 164 valence electrons. The number of nitrogens with zero attached hydrogens (tertiary/aromatic N) is 1. The molecule has 1 heterocycles. The molecule has 1 unspecified atom stereocenters. The van der Waals surface area contributed by atoms with Crippen LogP contribution in [0.2, 0.25) is 0 Å². The third-order valence-corrected chi connectivity index (χ3v) is 4.27. The summed E-state index contributed by atoms with van der Waals surface area (Å²) in [6.45, 7) is -2.98. The second-order valence-electron chi connectivity index (χ2n) is 6.55. The largest absolute Gasteiger partial charge is 0.484 e. The van der Waals surface area contributed by atoms with Gasteiger partial charge in [0.1, 0.15) is 17.2 Å². The van der Waals surface area contributed by atoms with Crippen LogP contribution in [0.25, 0.3) is 0 Å². The Hall–Kier alpha value is -2.70. The van der Waals surface area contributed by atoms with E-state index in [0.29, 0.717) is 16.3 Å². The Morgan fingerprint density at radius 1 is 0.833 bits per heavy atom. The number of quaternary nitrogens is 1. The first-order valence-electron chi connectivity index (χ1n) is 8.63. The number of ether oxygens (including phenoxy) is 2. The summed E-state index contributed by atoms with van der Waals surface area (Å²) in [6, 6.07) is 7.66. The van der Waals surface area contributed by atoms with E-state index in [1.165, 1.54) is 36.4 Å². The third kappa shape index (κ3) is 5.46. The van der Waals surface area contributed by atoms with Gasteiger partial charge in [-0.1, -0.05) is 5.17 Å². The van der Waals surface area contributed by atoms with E-state index in [4.69, 9.17) is 9.47 Å². The number of aryl methyl sites for hydroxylation is 2. The second kappa shape index (κ2) is 8.20. The molecule has 2 aromatic carbocycles. The van der Waals surface area contributed by atoms with E-state index in [-0.39, 0.29) is 35.7 Å². The van der Waals surface area contributed by atoms with E-state index in [1.807, 2.05) is 0 Å². The van der Waals surface area contributed by atoms with Crippen molar-refractivity contribution in [1.29, 1.82) is 0 Å². The van der Waals surface area contributed by atoms with Gasteiger partial charge in [0, 0.05) is 11.6 Å². The Bertz CT molecular complexity index is 830. The Balaban J connectivity index is 1.85. The quantitative estimate of drug-likeness (QED) is 0.638. The minimum absolute atomic E-state index is 0.0774. The summed E-state index contributed by atoms with van der Waals surface area (Å²) in [5, 5.41) is 20.6. The standard InChI is InChI=1S/C18H16F6N2O4/c19-17(20,21)9-29-13-3-5-15-11(7-13)1-2-12-8-14(30-10-18(22,23)24)4-6-16(12)26(28)25(15)27/h3-8,27-28H,1-2,9-10H2/p+1. The van der Waals surface area contributed by atoms with E-state index in [2.05, 4.69) is 0 Å². The Labute approximate surface area is 166 Å². The highest BCUT2D eigenvalue weighted by Crippen LogP contribution is 2.30. The summed E-state index contributed by atoms with van der Waals surface area (Å²) in [6.07, 6.45) is -8.62. The van der Waals surface area contributed by atoms with Crippen molar-refractivity contribution in [3.05, 3.63) is 47.5 Å². The minimum Gasteiger partial charge on any atom is -0.484 e. The van der Waals surface area contributed by atoms with Crippen LogP contribution in [0.5, 0.6) is 11.5 Å². The molecule has 0 saturated carbocycles. The van der Waals surface area contributed by atoms with Crippen molar-refractivity contribution in [1.82, 2.24) is 0 Å². The third-order valence-electron chi connectivity index (χ3n) is 4.27. The molecule has 0 aliphatic carbocycles. The zero-order valence-corrected chi connectivity index (χ0v) is 15.2. The van der Waals surface area contributed by atoms with Gasteiger partial charge < -0.3 is 9.47 Å². The maximum atomic E-state index is 12.4. The first kappa shape index (κ1) is 22.0. The lowest BCUT2D eigenvalue weighted by molar-refractivity contribution is -1.06. The van der Waals surface area contributed by atoms with E-state index in [9.17, 15) is 36.8 Å². The maximum absolute atomic E-state index is 12.4. The molecular formula is C18H17F6N2O4+. The van der Waals surface area contributed by atoms with Crippen molar-refractivity contribution in [2.75, 3.05) is 18.4 Å². The molecule has 3 N–H and O–H groups in total. The van der Waals surface area contributed by atoms with E-state index in [0.717, 1.165) is 0 Å². The fraction of sp³-hybridized carbons (Fsp3) is 0.333. The van der Waals surface area contributed by atoms with E-state index >= 15 is 0 Å². The molecule has 1 atom stereocenters. The van der Waals surface area contributed by atoms with E-state index < -0.39 is 30.7 Å². The molecule has 12 heteroatoms. The smallest absolute Gasteiger partial charge is 0.422 e. The van der Waals surface area contributed by atoms with Crippen LogP contribution in [0.1, 0.15) is 11.1 Å². The number of hydrogen-bond acceptors (Lipinski definition) is 5. The second-order valence-corrected chi connectivity index (χ2v) is 6.55. The van der Waals surface area contributed by atoms with Crippen LogP contribution in [-0.2, 0) is 12.8 Å². The zero-order valence-electron chi connectivity index (χ0n) is 15.2. The predicted octanol–water partition coefficient (Wildman–Crippen LogP) is 3.38. The van der Waals surface area contributed by atoms with Crippen LogP contribution in [0, 0.1) is 0 Å². The highest BCUT2D eigenvalue weighted by atomic mass is 19.4. The minimum atomic E-state index is -4.52. The van der Waals surface area contributed by atoms with Crippen LogP contribution in [0.15, 0.2) is 36.4 Å². The number of alkyl halides is 6. The molecule has 0 radical (unpaired) electrons. The summed E-state index contributed by atoms with van der Waals surface area (Å²) < 4.78 is 83.6. The molecule has 0 aromatic heterocycles.